The molecule has 2 aromatic rings. The van der Waals surface area contributed by atoms with E-state index in [2.05, 4.69) is 15.3 Å². The van der Waals surface area contributed by atoms with E-state index in [1.807, 2.05) is 11.0 Å². The molecule has 1 saturated heterocycles. The van der Waals surface area contributed by atoms with E-state index in [-0.39, 0.29) is 5.15 Å². The van der Waals surface area contributed by atoms with E-state index in [9.17, 15) is 9.90 Å². The third-order valence-corrected chi connectivity index (χ3v) is 4.34. The van der Waals surface area contributed by atoms with Crippen molar-refractivity contribution in [1.29, 1.82) is 0 Å². The number of carbonyl (C=O) groups excluding carboxylic acids is 1. The number of carbonyl (C=O) groups is 1. The first kappa shape index (κ1) is 14.2. The van der Waals surface area contributed by atoms with Gasteiger partial charge >= 0.3 is 6.03 Å². The molecule has 8 heteroatoms. The minimum Gasteiger partial charge on any atom is -0.368 e. The molecule has 4 heterocycles. The third kappa shape index (κ3) is 2.29. The summed E-state index contributed by atoms with van der Waals surface area (Å²) in [6.07, 6.45) is 3.61. The molecule has 2 aliphatic heterocycles. The number of amides is 2. The molecule has 23 heavy (non-hydrogen) atoms. The summed E-state index contributed by atoms with van der Waals surface area (Å²) < 4.78 is 0. The standard InChI is InChI=1S/C15H14ClN5O2/c16-12-4-3-11-13(19-12)21(15(23)5-7-20(11)9-15)14(22)18-10-2-1-6-17-8-10/h1-4,6,8,23H,5,7,9H2,(H,18,22)/t15-/m1/s1. The summed E-state index contributed by atoms with van der Waals surface area (Å²) >= 11 is 5.99. The highest BCUT2D eigenvalue weighted by atomic mass is 35.5. The van der Waals surface area contributed by atoms with Gasteiger partial charge in [0, 0.05) is 19.2 Å². The average molecular weight is 332 g/mol. The largest absolute Gasteiger partial charge is 0.368 e. The van der Waals surface area contributed by atoms with E-state index in [1.54, 1.807) is 30.6 Å². The Labute approximate surface area is 137 Å². The van der Waals surface area contributed by atoms with Gasteiger partial charge in [0.1, 0.15) is 5.15 Å². The second kappa shape index (κ2) is 5.07. The van der Waals surface area contributed by atoms with Crippen LogP contribution in [0.2, 0.25) is 5.15 Å². The quantitative estimate of drug-likeness (QED) is 0.782. The SMILES string of the molecule is O=C(Nc1cccnc1)N1c2nc(Cl)ccc2N2CC[C@@]1(O)C2. The van der Waals surface area contributed by atoms with Gasteiger partial charge < -0.3 is 15.3 Å². The smallest absolute Gasteiger partial charge is 0.330 e. The Hall–Kier alpha value is -2.38. The molecule has 0 aromatic carbocycles. The molecule has 1 atom stereocenters. The number of nitrogens with zero attached hydrogens (tertiary/aromatic N) is 4. The lowest BCUT2D eigenvalue weighted by Gasteiger charge is -2.41. The number of halogens is 1. The predicted octanol–water partition coefficient (Wildman–Crippen LogP) is 2.08. The highest BCUT2D eigenvalue weighted by molar-refractivity contribution is 6.29. The molecule has 4 rings (SSSR count). The van der Waals surface area contributed by atoms with Crippen molar-refractivity contribution < 1.29 is 9.90 Å². The van der Waals surface area contributed by atoms with Gasteiger partial charge in [-0.2, -0.15) is 0 Å². The van der Waals surface area contributed by atoms with Gasteiger partial charge in [-0.15, -0.1) is 0 Å². The zero-order valence-electron chi connectivity index (χ0n) is 12.1. The van der Waals surface area contributed by atoms with Crippen molar-refractivity contribution in [2.24, 2.45) is 0 Å². The molecule has 2 aromatic heterocycles. The van der Waals surface area contributed by atoms with Crippen molar-refractivity contribution in [1.82, 2.24) is 9.97 Å². The summed E-state index contributed by atoms with van der Waals surface area (Å²) in [7, 11) is 0. The number of aliphatic hydroxyl groups is 1. The Morgan fingerprint density at radius 3 is 3.04 bits per heavy atom. The lowest BCUT2D eigenvalue weighted by atomic mass is 10.1. The number of nitrogens with one attached hydrogen (secondary N) is 1. The van der Waals surface area contributed by atoms with E-state index in [0.717, 1.165) is 5.69 Å². The summed E-state index contributed by atoms with van der Waals surface area (Å²) in [6, 6.07) is 6.49. The van der Waals surface area contributed by atoms with Crippen LogP contribution >= 0.6 is 11.6 Å². The Morgan fingerprint density at radius 1 is 1.39 bits per heavy atom. The first-order chi connectivity index (χ1) is 11.1. The van der Waals surface area contributed by atoms with Crippen LogP contribution in [0.5, 0.6) is 0 Å². The maximum Gasteiger partial charge on any atom is 0.330 e. The van der Waals surface area contributed by atoms with Gasteiger partial charge in [0.05, 0.1) is 24.1 Å². The Morgan fingerprint density at radius 2 is 2.26 bits per heavy atom. The van der Waals surface area contributed by atoms with E-state index < -0.39 is 11.8 Å². The maximum absolute atomic E-state index is 12.8. The lowest BCUT2D eigenvalue weighted by molar-refractivity contribution is 0.0648. The van der Waals surface area contributed by atoms with Gasteiger partial charge in [-0.05, 0) is 24.3 Å². The molecular formula is C15H14ClN5O2. The molecule has 2 bridgehead atoms. The van der Waals surface area contributed by atoms with Crippen LogP contribution in [0, 0.1) is 0 Å². The Balaban J connectivity index is 1.75. The summed E-state index contributed by atoms with van der Waals surface area (Å²) in [6.45, 7) is 1.01. The third-order valence-electron chi connectivity index (χ3n) is 4.13. The fourth-order valence-corrected chi connectivity index (χ4v) is 3.24. The lowest BCUT2D eigenvalue weighted by Crippen LogP contribution is -2.58. The van der Waals surface area contributed by atoms with Crippen molar-refractivity contribution in [2.45, 2.75) is 12.1 Å². The molecule has 0 aliphatic carbocycles. The average Bonchev–Trinajstić information content (AvgIpc) is 2.86. The Kier molecular flexibility index (Phi) is 3.14. The molecule has 0 unspecified atom stereocenters. The zero-order chi connectivity index (χ0) is 16.0. The first-order valence-electron chi connectivity index (χ1n) is 7.22. The van der Waals surface area contributed by atoms with Crippen molar-refractivity contribution >= 4 is 34.8 Å². The normalized spacial score (nSPS) is 22.0. The number of urea groups is 1. The first-order valence-corrected chi connectivity index (χ1v) is 7.60. The number of pyridine rings is 2. The molecule has 0 radical (unpaired) electrons. The van der Waals surface area contributed by atoms with Gasteiger partial charge in [-0.3, -0.25) is 4.98 Å². The fourth-order valence-electron chi connectivity index (χ4n) is 3.09. The number of fused-ring (bicyclic) bond motifs is 4. The van der Waals surface area contributed by atoms with Crippen LogP contribution in [0.3, 0.4) is 0 Å². The van der Waals surface area contributed by atoms with E-state index >= 15 is 0 Å². The molecule has 2 amide bonds. The minimum absolute atomic E-state index is 0.272. The predicted molar refractivity (Wildman–Crippen MR) is 86.8 cm³/mol. The van der Waals surface area contributed by atoms with Crippen LogP contribution in [-0.2, 0) is 0 Å². The number of rotatable bonds is 1. The molecular weight excluding hydrogens is 318 g/mol. The van der Waals surface area contributed by atoms with Gasteiger partial charge in [0.15, 0.2) is 11.5 Å². The Bertz CT molecular complexity index is 772. The van der Waals surface area contributed by atoms with E-state index in [1.165, 1.54) is 4.90 Å². The number of aromatic nitrogens is 2. The van der Waals surface area contributed by atoms with Crippen LogP contribution in [0.15, 0.2) is 36.7 Å². The second-order valence-corrected chi connectivity index (χ2v) is 6.03. The van der Waals surface area contributed by atoms with Crippen molar-refractivity contribution in [3.05, 3.63) is 41.8 Å². The summed E-state index contributed by atoms with van der Waals surface area (Å²) in [5.41, 5.74) is 0.0415. The highest BCUT2D eigenvalue weighted by Gasteiger charge is 2.50. The zero-order valence-corrected chi connectivity index (χ0v) is 12.9. The number of hydrogen-bond acceptors (Lipinski definition) is 5. The second-order valence-electron chi connectivity index (χ2n) is 5.64. The molecule has 2 N–H and O–H groups in total. The number of anilines is 3. The molecule has 7 nitrogen and oxygen atoms in total. The van der Waals surface area contributed by atoms with E-state index in [4.69, 9.17) is 11.6 Å². The molecule has 0 spiro atoms. The summed E-state index contributed by atoms with van der Waals surface area (Å²) in [5, 5.41) is 13.9. The maximum atomic E-state index is 12.8. The van der Waals surface area contributed by atoms with Crippen LogP contribution in [0.1, 0.15) is 6.42 Å². The van der Waals surface area contributed by atoms with Crippen LogP contribution in [-0.4, -0.2) is 39.9 Å². The van der Waals surface area contributed by atoms with Gasteiger partial charge in [-0.25, -0.2) is 14.7 Å². The van der Waals surface area contributed by atoms with Gasteiger partial charge in [0.25, 0.3) is 0 Å². The van der Waals surface area contributed by atoms with Crippen molar-refractivity contribution in [2.75, 3.05) is 28.2 Å². The van der Waals surface area contributed by atoms with Crippen molar-refractivity contribution in [3.63, 3.8) is 0 Å². The minimum atomic E-state index is -1.29. The molecule has 2 aliphatic rings. The molecule has 1 fully saturated rings. The molecule has 118 valence electrons. The van der Waals surface area contributed by atoms with Gasteiger partial charge in [-0.1, -0.05) is 11.6 Å². The summed E-state index contributed by atoms with van der Waals surface area (Å²) in [5.74, 6) is 0.366. The highest BCUT2D eigenvalue weighted by Crippen LogP contribution is 2.43. The number of hydrogen-bond donors (Lipinski definition) is 2. The topological polar surface area (TPSA) is 81.6 Å². The van der Waals surface area contributed by atoms with Crippen LogP contribution in [0.4, 0.5) is 22.0 Å². The van der Waals surface area contributed by atoms with E-state index in [0.29, 0.717) is 31.0 Å². The van der Waals surface area contributed by atoms with Gasteiger partial charge in [0.2, 0.25) is 0 Å². The van der Waals surface area contributed by atoms with Crippen molar-refractivity contribution in [3.8, 4) is 0 Å². The molecule has 0 saturated carbocycles. The van der Waals surface area contributed by atoms with Crippen LogP contribution < -0.4 is 15.1 Å². The fraction of sp³-hybridized carbons (Fsp3) is 0.267. The summed E-state index contributed by atoms with van der Waals surface area (Å²) in [4.78, 5) is 24.3. The van der Waals surface area contributed by atoms with Crippen LogP contribution in [0.25, 0.3) is 0 Å². The monoisotopic (exact) mass is 331 g/mol.